The lowest BCUT2D eigenvalue weighted by Crippen LogP contribution is -2.19. The zero-order valence-corrected chi connectivity index (χ0v) is 11.9. The Morgan fingerprint density at radius 3 is 2.53 bits per heavy atom. The largest absolute Gasteiger partial charge is 0.409 e. The van der Waals surface area contributed by atoms with Crippen molar-refractivity contribution in [3.63, 3.8) is 0 Å². The number of halogens is 1. The summed E-state index contributed by atoms with van der Waals surface area (Å²) in [4.78, 5) is 5.69. The molecular weight excluding hydrogens is 274 g/mol. The van der Waals surface area contributed by atoms with Crippen LogP contribution in [0.1, 0.15) is 13.8 Å². The third-order valence-corrected chi connectivity index (χ3v) is 3.53. The molecule has 0 bridgehead atoms. The Bertz CT molecular complexity index is 557. The lowest BCUT2D eigenvalue weighted by atomic mass is 10.2. The summed E-state index contributed by atoms with van der Waals surface area (Å²) in [6, 6.07) is 7.63. The molecule has 0 N–H and O–H groups in total. The van der Waals surface area contributed by atoms with E-state index >= 15 is 0 Å². The molecule has 2 aromatic rings. The van der Waals surface area contributed by atoms with E-state index in [9.17, 15) is 0 Å². The van der Waals surface area contributed by atoms with E-state index < -0.39 is 0 Å². The minimum atomic E-state index is 0.0855. The fraction of sp³-hybridized carbons (Fsp3) is 0.250. The fourth-order valence-corrected chi connectivity index (χ4v) is 2.51. The molecule has 90 valence electrons. The highest BCUT2D eigenvalue weighted by molar-refractivity contribution is 7.73. The molecule has 0 unspecified atom stereocenters. The molecule has 0 saturated carbocycles. The highest BCUT2D eigenvalue weighted by Crippen LogP contribution is 2.24. The first-order valence-electron chi connectivity index (χ1n) is 5.21. The Morgan fingerprint density at radius 1 is 1.29 bits per heavy atom. The molecule has 0 radical (unpaired) electrons. The standard InChI is InChI=1S/C12H12ClNOS2/c1-8(2)15-14-11(7-17-12(14)16)9-3-5-10(13)6-4-9/h3-8H,1-2H3. The Kier molecular flexibility index (Phi) is 3.86. The molecule has 0 saturated heterocycles. The van der Waals surface area contributed by atoms with E-state index in [4.69, 9.17) is 28.7 Å². The van der Waals surface area contributed by atoms with Gasteiger partial charge in [0.25, 0.3) is 0 Å². The molecule has 0 spiro atoms. The van der Waals surface area contributed by atoms with Crippen LogP contribution in [-0.4, -0.2) is 10.8 Å². The van der Waals surface area contributed by atoms with Crippen molar-refractivity contribution in [1.82, 2.24) is 4.73 Å². The van der Waals surface area contributed by atoms with Crippen LogP contribution < -0.4 is 4.84 Å². The molecule has 0 aliphatic carbocycles. The van der Waals surface area contributed by atoms with Crippen molar-refractivity contribution in [2.75, 3.05) is 0 Å². The quantitative estimate of drug-likeness (QED) is 0.774. The molecule has 17 heavy (non-hydrogen) atoms. The van der Waals surface area contributed by atoms with Crippen LogP contribution in [0.15, 0.2) is 29.6 Å². The molecule has 0 aliphatic heterocycles. The van der Waals surface area contributed by atoms with Crippen molar-refractivity contribution >= 4 is 35.2 Å². The van der Waals surface area contributed by atoms with Gasteiger partial charge in [0, 0.05) is 16.0 Å². The van der Waals surface area contributed by atoms with E-state index in [0.717, 1.165) is 16.3 Å². The summed E-state index contributed by atoms with van der Waals surface area (Å²) >= 11 is 12.6. The van der Waals surface area contributed by atoms with E-state index in [0.29, 0.717) is 3.95 Å². The van der Waals surface area contributed by atoms with Crippen molar-refractivity contribution in [2.45, 2.75) is 20.0 Å². The number of benzene rings is 1. The normalized spacial score (nSPS) is 10.8. The molecule has 5 heteroatoms. The summed E-state index contributed by atoms with van der Waals surface area (Å²) in [7, 11) is 0. The third kappa shape index (κ3) is 2.89. The van der Waals surface area contributed by atoms with Gasteiger partial charge in [0.15, 0.2) is 3.95 Å². The van der Waals surface area contributed by atoms with Crippen LogP contribution in [0.5, 0.6) is 0 Å². The van der Waals surface area contributed by atoms with Crippen molar-refractivity contribution < 1.29 is 4.84 Å². The molecule has 1 aromatic heterocycles. The molecule has 2 nitrogen and oxygen atoms in total. The third-order valence-electron chi connectivity index (χ3n) is 2.11. The van der Waals surface area contributed by atoms with Crippen LogP contribution in [0.4, 0.5) is 0 Å². The topological polar surface area (TPSA) is 14.2 Å². The second-order valence-corrected chi connectivity index (χ2v) is 5.78. The first-order chi connectivity index (χ1) is 8.08. The number of aromatic nitrogens is 1. The SMILES string of the molecule is CC(C)On1c(-c2ccc(Cl)cc2)csc1=S. The maximum Gasteiger partial charge on any atom is 0.197 e. The van der Waals surface area contributed by atoms with Gasteiger partial charge in [0.2, 0.25) is 0 Å². The monoisotopic (exact) mass is 285 g/mol. The highest BCUT2D eigenvalue weighted by Gasteiger charge is 2.09. The summed E-state index contributed by atoms with van der Waals surface area (Å²) in [5, 5.41) is 2.72. The first kappa shape index (κ1) is 12.6. The Morgan fingerprint density at radius 2 is 1.94 bits per heavy atom. The number of hydrogen-bond donors (Lipinski definition) is 0. The van der Waals surface area contributed by atoms with Gasteiger partial charge >= 0.3 is 0 Å². The molecule has 1 aromatic carbocycles. The number of nitrogens with zero attached hydrogens (tertiary/aromatic N) is 1. The van der Waals surface area contributed by atoms with Gasteiger partial charge in [-0.2, -0.15) is 4.73 Å². The average Bonchev–Trinajstić information content (AvgIpc) is 2.61. The van der Waals surface area contributed by atoms with Crippen LogP contribution in [0.25, 0.3) is 11.3 Å². The minimum Gasteiger partial charge on any atom is -0.409 e. The predicted octanol–water partition coefficient (Wildman–Crippen LogP) is 4.44. The maximum atomic E-state index is 5.87. The van der Waals surface area contributed by atoms with Crippen LogP contribution in [0, 0.1) is 3.95 Å². The second-order valence-electron chi connectivity index (χ2n) is 3.84. The van der Waals surface area contributed by atoms with E-state index in [1.54, 1.807) is 4.73 Å². The summed E-state index contributed by atoms with van der Waals surface area (Å²) in [5.74, 6) is 0. The Balaban J connectivity index is 2.45. The van der Waals surface area contributed by atoms with Crippen LogP contribution in [0.3, 0.4) is 0 Å². The van der Waals surface area contributed by atoms with Crippen LogP contribution in [-0.2, 0) is 0 Å². The summed E-state index contributed by atoms with van der Waals surface area (Å²) < 4.78 is 2.41. The first-order valence-corrected chi connectivity index (χ1v) is 6.88. The van der Waals surface area contributed by atoms with Crippen molar-refractivity contribution in [2.24, 2.45) is 0 Å². The zero-order chi connectivity index (χ0) is 12.4. The number of hydrogen-bond acceptors (Lipinski definition) is 3. The minimum absolute atomic E-state index is 0.0855. The van der Waals surface area contributed by atoms with E-state index in [-0.39, 0.29) is 6.10 Å². The van der Waals surface area contributed by atoms with E-state index in [1.165, 1.54) is 11.3 Å². The second kappa shape index (κ2) is 5.21. The summed E-state index contributed by atoms with van der Waals surface area (Å²) in [5.41, 5.74) is 2.01. The van der Waals surface area contributed by atoms with Crippen molar-refractivity contribution in [3.8, 4) is 11.3 Å². The van der Waals surface area contributed by atoms with Gasteiger partial charge in [-0.05, 0) is 38.2 Å². The fourth-order valence-electron chi connectivity index (χ4n) is 1.42. The zero-order valence-electron chi connectivity index (χ0n) is 9.51. The smallest absolute Gasteiger partial charge is 0.197 e. The molecule has 0 fully saturated rings. The van der Waals surface area contributed by atoms with Gasteiger partial charge in [0.1, 0.15) is 6.10 Å². The molecule has 0 amide bonds. The summed E-state index contributed by atoms with van der Waals surface area (Å²) in [6.45, 7) is 3.95. The lowest BCUT2D eigenvalue weighted by Gasteiger charge is -2.13. The van der Waals surface area contributed by atoms with Gasteiger partial charge in [-0.25, -0.2) is 0 Å². The van der Waals surface area contributed by atoms with Crippen LogP contribution in [0.2, 0.25) is 5.02 Å². The van der Waals surface area contributed by atoms with Crippen LogP contribution >= 0.6 is 35.2 Å². The Labute approximate surface area is 114 Å². The molecule has 1 heterocycles. The van der Waals surface area contributed by atoms with Gasteiger partial charge in [0.05, 0.1) is 5.69 Å². The maximum absolute atomic E-state index is 5.87. The van der Waals surface area contributed by atoms with Gasteiger partial charge in [-0.3, -0.25) is 0 Å². The van der Waals surface area contributed by atoms with Crippen molar-refractivity contribution in [3.05, 3.63) is 38.6 Å². The number of thiazole rings is 1. The van der Waals surface area contributed by atoms with E-state index in [2.05, 4.69) is 0 Å². The molecular formula is C12H12ClNOS2. The van der Waals surface area contributed by atoms with Gasteiger partial charge in [-0.1, -0.05) is 23.7 Å². The summed E-state index contributed by atoms with van der Waals surface area (Å²) in [6.07, 6.45) is 0.0855. The van der Waals surface area contributed by atoms with Gasteiger partial charge < -0.3 is 4.84 Å². The predicted molar refractivity (Wildman–Crippen MR) is 75.3 cm³/mol. The van der Waals surface area contributed by atoms with Gasteiger partial charge in [-0.15, -0.1) is 11.3 Å². The van der Waals surface area contributed by atoms with Crippen molar-refractivity contribution in [1.29, 1.82) is 0 Å². The molecule has 0 aliphatic rings. The molecule has 2 rings (SSSR count). The van der Waals surface area contributed by atoms with E-state index in [1.807, 2.05) is 43.5 Å². The average molecular weight is 286 g/mol. The lowest BCUT2D eigenvalue weighted by molar-refractivity contribution is 0.0622. The number of rotatable bonds is 3. The molecule has 0 atom stereocenters. The Hall–Kier alpha value is -0.840. The highest BCUT2D eigenvalue weighted by atomic mass is 35.5.